The van der Waals surface area contributed by atoms with Crippen molar-refractivity contribution in [2.45, 2.75) is 0 Å². The Kier molecular flexibility index (Phi) is 3.79. The highest BCUT2D eigenvalue weighted by atomic mass is 16.3. The summed E-state index contributed by atoms with van der Waals surface area (Å²) in [5.41, 5.74) is 0.721. The number of amides is 1. The van der Waals surface area contributed by atoms with E-state index in [0.717, 1.165) is 11.0 Å². The Morgan fingerprint density at radius 2 is 2.26 bits per heavy atom. The van der Waals surface area contributed by atoms with Gasteiger partial charge in [0.2, 0.25) is 0 Å². The molecule has 0 bridgehead atoms. The van der Waals surface area contributed by atoms with Gasteiger partial charge in [0.25, 0.3) is 5.91 Å². The summed E-state index contributed by atoms with van der Waals surface area (Å²) in [4.78, 5) is 11.7. The predicted octanol–water partition coefficient (Wildman–Crippen LogP) is 2.64. The molecule has 0 spiro atoms. The Balaban J connectivity index is 2.29. The van der Waals surface area contributed by atoms with Crippen LogP contribution >= 0.6 is 0 Å². The predicted molar refractivity (Wildman–Crippen MR) is 73.0 cm³/mol. The summed E-state index contributed by atoms with van der Waals surface area (Å²) < 4.78 is 5.53. The van der Waals surface area contributed by atoms with E-state index in [9.17, 15) is 4.79 Å². The molecule has 0 saturated heterocycles. The molecule has 1 heterocycles. The van der Waals surface area contributed by atoms with Gasteiger partial charge in [-0.15, -0.1) is 6.58 Å². The Labute approximate surface area is 110 Å². The van der Waals surface area contributed by atoms with E-state index < -0.39 is 5.91 Å². The van der Waals surface area contributed by atoms with Gasteiger partial charge in [-0.2, -0.15) is 5.26 Å². The summed E-state index contributed by atoms with van der Waals surface area (Å²) in [5, 5.41) is 12.5. The second-order valence-corrected chi connectivity index (χ2v) is 3.86. The van der Waals surface area contributed by atoms with E-state index in [0.29, 0.717) is 12.3 Å². The fourth-order valence-corrected chi connectivity index (χ4v) is 1.62. The Bertz CT molecular complexity index is 656. The van der Waals surface area contributed by atoms with Gasteiger partial charge in [0, 0.05) is 18.0 Å². The van der Waals surface area contributed by atoms with Gasteiger partial charge < -0.3 is 9.73 Å². The number of benzene rings is 1. The summed E-state index contributed by atoms with van der Waals surface area (Å²) >= 11 is 0. The second-order valence-electron chi connectivity index (χ2n) is 3.86. The van der Waals surface area contributed by atoms with Crippen LogP contribution in [0.4, 0.5) is 0 Å². The molecule has 2 aromatic rings. The third-order valence-corrected chi connectivity index (χ3v) is 2.50. The number of nitrogens with zero attached hydrogens (tertiary/aromatic N) is 1. The molecule has 0 radical (unpaired) electrons. The van der Waals surface area contributed by atoms with Gasteiger partial charge in [-0.25, -0.2) is 0 Å². The summed E-state index contributed by atoms with van der Waals surface area (Å²) in [6, 6.07) is 11.1. The van der Waals surface area contributed by atoms with Crippen LogP contribution in [0.15, 0.2) is 53.0 Å². The lowest BCUT2D eigenvalue weighted by molar-refractivity contribution is -0.116. The van der Waals surface area contributed by atoms with Crippen LogP contribution in [0.3, 0.4) is 0 Å². The number of fused-ring (bicyclic) bond motifs is 1. The number of nitrogens with one attached hydrogen (secondary N) is 1. The first kappa shape index (κ1) is 12.7. The average Bonchev–Trinajstić information content (AvgIpc) is 2.84. The Morgan fingerprint density at radius 1 is 1.47 bits per heavy atom. The molecule has 94 valence electrons. The van der Waals surface area contributed by atoms with E-state index in [1.54, 1.807) is 12.1 Å². The second kappa shape index (κ2) is 5.69. The maximum atomic E-state index is 11.7. The van der Waals surface area contributed by atoms with Crippen molar-refractivity contribution >= 4 is 23.0 Å². The molecule has 0 fully saturated rings. The van der Waals surface area contributed by atoms with Gasteiger partial charge in [-0.3, -0.25) is 4.79 Å². The highest BCUT2D eigenvalue weighted by molar-refractivity contribution is 6.01. The van der Waals surface area contributed by atoms with E-state index in [-0.39, 0.29) is 5.57 Å². The minimum absolute atomic E-state index is 0.000839. The average molecular weight is 252 g/mol. The minimum atomic E-state index is -0.442. The normalized spacial score (nSPS) is 11.0. The smallest absolute Gasteiger partial charge is 0.262 e. The van der Waals surface area contributed by atoms with Crippen LogP contribution < -0.4 is 5.32 Å². The molecule has 1 N–H and O–H groups in total. The van der Waals surface area contributed by atoms with Gasteiger partial charge in [-0.1, -0.05) is 24.3 Å². The van der Waals surface area contributed by atoms with Gasteiger partial charge in [-0.05, 0) is 12.1 Å². The number of hydrogen-bond donors (Lipinski definition) is 1. The topological polar surface area (TPSA) is 66.0 Å². The fourth-order valence-electron chi connectivity index (χ4n) is 1.62. The van der Waals surface area contributed by atoms with Gasteiger partial charge in [0.15, 0.2) is 0 Å². The molecular formula is C15H12N2O2. The van der Waals surface area contributed by atoms with Crippen molar-refractivity contribution in [1.82, 2.24) is 5.32 Å². The van der Waals surface area contributed by atoms with Crippen LogP contribution in [-0.2, 0) is 4.79 Å². The lowest BCUT2D eigenvalue weighted by Gasteiger charge is -1.98. The van der Waals surface area contributed by atoms with Gasteiger partial charge in [0.1, 0.15) is 23.0 Å². The summed E-state index contributed by atoms with van der Waals surface area (Å²) in [6.07, 6.45) is 2.98. The van der Waals surface area contributed by atoms with Gasteiger partial charge >= 0.3 is 0 Å². The zero-order valence-electron chi connectivity index (χ0n) is 10.2. The van der Waals surface area contributed by atoms with Crippen molar-refractivity contribution in [2.24, 2.45) is 0 Å². The first-order valence-corrected chi connectivity index (χ1v) is 5.74. The maximum absolute atomic E-state index is 11.7. The number of carbonyl (C=O) groups is 1. The molecule has 0 unspecified atom stereocenters. The third kappa shape index (κ3) is 2.90. The van der Waals surface area contributed by atoms with E-state index >= 15 is 0 Å². The number of hydrogen-bond acceptors (Lipinski definition) is 3. The van der Waals surface area contributed by atoms with E-state index in [1.807, 2.05) is 30.3 Å². The lowest BCUT2D eigenvalue weighted by atomic mass is 10.2. The van der Waals surface area contributed by atoms with Crippen LogP contribution in [0, 0.1) is 11.3 Å². The monoisotopic (exact) mass is 252 g/mol. The van der Waals surface area contributed by atoms with Crippen molar-refractivity contribution in [1.29, 1.82) is 5.26 Å². The number of rotatable bonds is 4. The molecule has 1 aromatic heterocycles. The molecule has 0 atom stereocenters. The standard InChI is InChI=1S/C15H12N2O2/c1-2-7-17-15(18)12(10-16)9-13-8-11-5-3-4-6-14(11)19-13/h2-6,8-9H,1,7H2,(H,17,18)/b12-9+. The van der Waals surface area contributed by atoms with Crippen molar-refractivity contribution in [3.63, 3.8) is 0 Å². The number of furan rings is 1. The highest BCUT2D eigenvalue weighted by Crippen LogP contribution is 2.20. The highest BCUT2D eigenvalue weighted by Gasteiger charge is 2.09. The number of para-hydroxylation sites is 1. The molecule has 1 aromatic carbocycles. The van der Waals surface area contributed by atoms with E-state index in [4.69, 9.17) is 9.68 Å². The molecule has 4 nitrogen and oxygen atoms in total. The SMILES string of the molecule is C=CCNC(=O)/C(C#N)=C/c1cc2ccccc2o1. The van der Waals surface area contributed by atoms with Crippen LogP contribution in [0.2, 0.25) is 0 Å². The molecule has 19 heavy (non-hydrogen) atoms. The Hall–Kier alpha value is -2.80. The maximum Gasteiger partial charge on any atom is 0.262 e. The van der Waals surface area contributed by atoms with Crippen molar-refractivity contribution in [3.05, 3.63) is 54.3 Å². The summed E-state index contributed by atoms with van der Waals surface area (Å²) in [5.74, 6) is 0.0364. The van der Waals surface area contributed by atoms with Crippen molar-refractivity contribution in [3.8, 4) is 6.07 Å². The fraction of sp³-hybridized carbons (Fsp3) is 0.0667. The molecule has 2 rings (SSSR count). The Morgan fingerprint density at radius 3 is 2.95 bits per heavy atom. The van der Waals surface area contributed by atoms with E-state index in [2.05, 4.69) is 11.9 Å². The van der Waals surface area contributed by atoms with Crippen LogP contribution in [0.25, 0.3) is 17.0 Å². The van der Waals surface area contributed by atoms with Crippen molar-refractivity contribution < 1.29 is 9.21 Å². The lowest BCUT2D eigenvalue weighted by Crippen LogP contribution is -2.24. The first-order chi connectivity index (χ1) is 9.24. The minimum Gasteiger partial charge on any atom is -0.457 e. The third-order valence-electron chi connectivity index (χ3n) is 2.50. The first-order valence-electron chi connectivity index (χ1n) is 5.74. The molecule has 0 aliphatic rings. The zero-order valence-corrected chi connectivity index (χ0v) is 10.2. The van der Waals surface area contributed by atoms with Gasteiger partial charge in [0.05, 0.1) is 0 Å². The molecule has 4 heteroatoms. The molecule has 0 aliphatic carbocycles. The molecule has 1 amide bonds. The van der Waals surface area contributed by atoms with Crippen LogP contribution in [0.1, 0.15) is 5.76 Å². The summed E-state index contributed by atoms with van der Waals surface area (Å²) in [6.45, 7) is 3.81. The molecular weight excluding hydrogens is 240 g/mol. The zero-order chi connectivity index (χ0) is 13.7. The molecule has 0 aliphatic heterocycles. The van der Waals surface area contributed by atoms with Crippen LogP contribution in [0.5, 0.6) is 0 Å². The quantitative estimate of drug-likeness (QED) is 0.516. The number of nitriles is 1. The van der Waals surface area contributed by atoms with E-state index in [1.165, 1.54) is 6.08 Å². The number of carbonyl (C=O) groups excluding carboxylic acids is 1. The largest absolute Gasteiger partial charge is 0.457 e. The molecule has 0 saturated carbocycles. The van der Waals surface area contributed by atoms with Crippen molar-refractivity contribution in [2.75, 3.05) is 6.54 Å². The van der Waals surface area contributed by atoms with Crippen LogP contribution in [-0.4, -0.2) is 12.5 Å². The summed E-state index contributed by atoms with van der Waals surface area (Å²) in [7, 11) is 0.